The fourth-order valence-corrected chi connectivity index (χ4v) is 1.02. The maximum absolute atomic E-state index is 12.6. The van der Waals surface area contributed by atoms with Crippen molar-refractivity contribution >= 4 is 29.0 Å². The molecular formula is C8H5ClFNS. The predicted octanol–water partition coefficient (Wildman–Crippen LogP) is 3.08. The van der Waals surface area contributed by atoms with Gasteiger partial charge in [0.15, 0.2) is 0 Å². The van der Waals surface area contributed by atoms with E-state index in [1.165, 1.54) is 18.2 Å². The number of rotatable bonds is 2. The molecule has 0 heterocycles. The molecule has 0 fully saturated rings. The zero-order valence-electron chi connectivity index (χ0n) is 6.05. The number of halogens is 2. The molecule has 1 aromatic carbocycles. The summed E-state index contributed by atoms with van der Waals surface area (Å²) >= 11 is 10.1. The van der Waals surface area contributed by atoms with Gasteiger partial charge in [0.2, 0.25) is 0 Å². The summed E-state index contributed by atoms with van der Waals surface area (Å²) in [7, 11) is 0. The number of isothiocyanates is 1. The average Bonchev–Trinajstić information content (AvgIpc) is 2.07. The molecule has 0 aromatic heterocycles. The number of hydrogen-bond donors (Lipinski definition) is 0. The number of aliphatic imine (C=N–C) groups is 1. The van der Waals surface area contributed by atoms with E-state index in [4.69, 9.17) is 11.6 Å². The van der Waals surface area contributed by atoms with E-state index in [9.17, 15) is 4.39 Å². The van der Waals surface area contributed by atoms with Crippen LogP contribution in [-0.4, -0.2) is 5.16 Å². The van der Waals surface area contributed by atoms with E-state index < -0.39 is 0 Å². The van der Waals surface area contributed by atoms with Crippen LogP contribution in [0.25, 0.3) is 0 Å². The summed E-state index contributed by atoms with van der Waals surface area (Å²) in [4.78, 5) is 3.66. The first kappa shape index (κ1) is 9.33. The van der Waals surface area contributed by atoms with Crippen molar-refractivity contribution in [2.75, 3.05) is 0 Å². The minimum absolute atomic E-state index is 0.278. The van der Waals surface area contributed by atoms with Gasteiger partial charge in [-0.15, -0.1) is 0 Å². The second-order valence-corrected chi connectivity index (χ2v) is 2.73. The summed E-state index contributed by atoms with van der Waals surface area (Å²) in [6, 6.07) is 4.12. The molecule has 1 nitrogen and oxygen atoms in total. The lowest BCUT2D eigenvalue weighted by Crippen LogP contribution is -1.84. The molecule has 0 saturated carbocycles. The van der Waals surface area contributed by atoms with Crippen LogP contribution in [0.4, 0.5) is 4.39 Å². The van der Waals surface area contributed by atoms with Crippen LogP contribution in [-0.2, 0) is 6.54 Å². The Kier molecular flexibility index (Phi) is 3.35. The monoisotopic (exact) mass is 201 g/mol. The molecule has 4 heteroatoms. The van der Waals surface area contributed by atoms with Crippen molar-refractivity contribution in [2.45, 2.75) is 6.54 Å². The quantitative estimate of drug-likeness (QED) is 0.529. The highest BCUT2D eigenvalue weighted by atomic mass is 35.5. The normalized spacial score (nSPS) is 9.17. The molecule has 0 radical (unpaired) electrons. The van der Waals surface area contributed by atoms with Crippen molar-refractivity contribution in [1.29, 1.82) is 0 Å². The van der Waals surface area contributed by atoms with Gasteiger partial charge in [0, 0.05) is 5.02 Å². The van der Waals surface area contributed by atoms with Crippen molar-refractivity contribution in [1.82, 2.24) is 0 Å². The van der Waals surface area contributed by atoms with Gasteiger partial charge in [-0.05, 0) is 36.0 Å². The van der Waals surface area contributed by atoms with E-state index in [0.717, 1.165) is 0 Å². The Morgan fingerprint density at radius 3 is 3.00 bits per heavy atom. The van der Waals surface area contributed by atoms with Gasteiger partial charge in [0.1, 0.15) is 5.82 Å². The molecule has 0 saturated heterocycles. The summed E-state index contributed by atoms with van der Waals surface area (Å²) in [6.45, 7) is 0.278. The standard InChI is InChI=1S/C8H5ClFNS/c9-8-2-1-7(10)3-6(8)4-11-5-12/h1-3H,4H2. The molecule has 0 spiro atoms. The van der Waals surface area contributed by atoms with Crippen LogP contribution >= 0.6 is 23.8 Å². The Labute approximate surface area is 79.9 Å². The molecule has 0 N–H and O–H groups in total. The molecule has 1 aromatic rings. The van der Waals surface area contributed by atoms with Gasteiger partial charge in [-0.25, -0.2) is 9.38 Å². The zero-order chi connectivity index (χ0) is 8.97. The number of thiocarbonyl (C=S) groups is 1. The Bertz CT molecular complexity index is 334. The molecule has 1 rings (SSSR count). The fourth-order valence-electron chi connectivity index (χ4n) is 0.782. The molecule has 0 aliphatic heterocycles. The molecule has 12 heavy (non-hydrogen) atoms. The SMILES string of the molecule is Fc1ccc(Cl)c(CN=C=S)c1. The molecule has 62 valence electrons. The maximum atomic E-state index is 12.6. The van der Waals surface area contributed by atoms with Gasteiger partial charge >= 0.3 is 0 Å². The lowest BCUT2D eigenvalue weighted by molar-refractivity contribution is 0.625. The highest BCUT2D eigenvalue weighted by Crippen LogP contribution is 2.17. The Morgan fingerprint density at radius 2 is 2.33 bits per heavy atom. The molecule has 0 amide bonds. The highest BCUT2D eigenvalue weighted by Gasteiger charge is 1.99. The molecule has 0 aliphatic carbocycles. The molecule has 0 bridgehead atoms. The average molecular weight is 202 g/mol. The number of hydrogen-bond acceptors (Lipinski definition) is 2. The van der Waals surface area contributed by atoms with Crippen molar-refractivity contribution in [3.05, 3.63) is 34.6 Å². The van der Waals surface area contributed by atoms with Crippen molar-refractivity contribution in [3.8, 4) is 0 Å². The Morgan fingerprint density at radius 1 is 1.58 bits per heavy atom. The maximum Gasteiger partial charge on any atom is 0.123 e. The minimum atomic E-state index is -0.325. The third-order valence-corrected chi connectivity index (χ3v) is 1.82. The largest absolute Gasteiger partial charge is 0.228 e. The van der Waals surface area contributed by atoms with Crippen molar-refractivity contribution < 1.29 is 4.39 Å². The first-order valence-electron chi connectivity index (χ1n) is 3.21. The first-order valence-corrected chi connectivity index (χ1v) is 4.00. The fraction of sp³-hybridized carbons (Fsp3) is 0.125. The second-order valence-electron chi connectivity index (χ2n) is 2.14. The lowest BCUT2D eigenvalue weighted by atomic mass is 10.2. The van der Waals surface area contributed by atoms with Gasteiger partial charge in [-0.3, -0.25) is 0 Å². The second kappa shape index (κ2) is 4.31. The smallest absolute Gasteiger partial charge is 0.123 e. The Hall–Kier alpha value is -0.760. The van der Waals surface area contributed by atoms with Gasteiger partial charge in [-0.1, -0.05) is 11.6 Å². The van der Waals surface area contributed by atoms with Crippen LogP contribution < -0.4 is 0 Å². The van der Waals surface area contributed by atoms with E-state index >= 15 is 0 Å². The predicted molar refractivity (Wildman–Crippen MR) is 50.1 cm³/mol. The molecule has 0 unspecified atom stereocenters. The van der Waals surface area contributed by atoms with Crippen LogP contribution in [0, 0.1) is 5.82 Å². The third-order valence-electron chi connectivity index (χ3n) is 1.32. The van der Waals surface area contributed by atoms with E-state index in [2.05, 4.69) is 22.4 Å². The summed E-state index contributed by atoms with van der Waals surface area (Å²) in [5.74, 6) is -0.325. The number of benzene rings is 1. The van der Waals surface area contributed by atoms with Crippen LogP contribution in [0.2, 0.25) is 5.02 Å². The van der Waals surface area contributed by atoms with E-state index in [1.807, 2.05) is 0 Å². The number of nitrogens with zero attached hydrogens (tertiary/aromatic N) is 1. The van der Waals surface area contributed by atoms with E-state index in [-0.39, 0.29) is 12.4 Å². The topological polar surface area (TPSA) is 12.4 Å². The molecule has 0 atom stereocenters. The Balaban J connectivity index is 2.96. The summed E-state index contributed by atoms with van der Waals surface area (Å²) in [5, 5.41) is 2.68. The van der Waals surface area contributed by atoms with E-state index in [0.29, 0.717) is 10.6 Å². The minimum Gasteiger partial charge on any atom is -0.228 e. The van der Waals surface area contributed by atoms with Gasteiger partial charge < -0.3 is 0 Å². The van der Waals surface area contributed by atoms with Crippen LogP contribution in [0.3, 0.4) is 0 Å². The zero-order valence-corrected chi connectivity index (χ0v) is 7.62. The summed E-state index contributed by atoms with van der Waals surface area (Å²) < 4.78 is 12.6. The van der Waals surface area contributed by atoms with Crippen LogP contribution in [0.5, 0.6) is 0 Å². The molecule has 0 aliphatic rings. The van der Waals surface area contributed by atoms with Crippen LogP contribution in [0.1, 0.15) is 5.56 Å². The lowest BCUT2D eigenvalue weighted by Gasteiger charge is -1.98. The van der Waals surface area contributed by atoms with Gasteiger partial charge in [0.05, 0.1) is 11.7 Å². The third kappa shape index (κ3) is 2.38. The summed E-state index contributed by atoms with van der Waals surface area (Å²) in [5.41, 5.74) is 0.619. The van der Waals surface area contributed by atoms with Crippen molar-refractivity contribution in [3.63, 3.8) is 0 Å². The highest BCUT2D eigenvalue weighted by molar-refractivity contribution is 7.78. The van der Waals surface area contributed by atoms with E-state index in [1.54, 1.807) is 0 Å². The summed E-state index contributed by atoms with van der Waals surface area (Å²) in [6.07, 6.45) is 0. The van der Waals surface area contributed by atoms with Crippen molar-refractivity contribution in [2.24, 2.45) is 4.99 Å². The van der Waals surface area contributed by atoms with Gasteiger partial charge in [0.25, 0.3) is 0 Å². The first-order chi connectivity index (χ1) is 5.74. The van der Waals surface area contributed by atoms with Crippen LogP contribution in [0.15, 0.2) is 23.2 Å². The van der Waals surface area contributed by atoms with Gasteiger partial charge in [-0.2, -0.15) is 0 Å². The molecular weight excluding hydrogens is 197 g/mol.